The number of carbonyl (C=O) groups is 3. The van der Waals surface area contributed by atoms with Gasteiger partial charge in [0.2, 0.25) is 5.91 Å². The molecule has 1 aliphatic rings. The highest BCUT2D eigenvalue weighted by atomic mass is 16.6. The molecule has 0 radical (unpaired) electrons. The van der Waals surface area contributed by atoms with E-state index in [4.69, 9.17) is 4.74 Å². The molecule has 0 saturated heterocycles. The number of benzene rings is 3. The summed E-state index contributed by atoms with van der Waals surface area (Å²) in [6.45, 7) is 15.3. The van der Waals surface area contributed by atoms with E-state index in [1.807, 2.05) is 94.4 Å². The van der Waals surface area contributed by atoms with E-state index in [0.717, 1.165) is 45.5 Å². The fourth-order valence-corrected chi connectivity index (χ4v) is 5.71. The molecule has 0 spiro atoms. The van der Waals surface area contributed by atoms with Gasteiger partial charge in [-0.05, 0) is 94.2 Å². The van der Waals surface area contributed by atoms with Crippen LogP contribution in [0.1, 0.15) is 73.5 Å². The first-order valence-electron chi connectivity index (χ1n) is 15.1. The lowest BCUT2D eigenvalue weighted by Gasteiger charge is -2.36. The fourth-order valence-electron chi connectivity index (χ4n) is 5.71. The molecule has 3 aromatic rings. The molecule has 4 rings (SSSR count). The Labute approximate surface area is 256 Å². The number of rotatable bonds is 9. The summed E-state index contributed by atoms with van der Waals surface area (Å²) in [4.78, 5) is 44.0. The maximum absolute atomic E-state index is 14.8. The summed E-state index contributed by atoms with van der Waals surface area (Å²) < 4.78 is 5.57. The zero-order valence-electron chi connectivity index (χ0n) is 26.7. The zero-order chi connectivity index (χ0) is 31.5. The molecule has 4 atom stereocenters. The van der Waals surface area contributed by atoms with Crippen molar-refractivity contribution in [2.75, 3.05) is 5.32 Å². The molecule has 0 aromatic heterocycles. The standard InChI is InChI=1S/C36H45N3O4/c1-22-14-12-15-23(2)30(22)32(33(40)38-31-24(3)16-13-17-25(31)4)39(29-20-26(29)5)34(41)28(21-27-18-10-9-11-19-27)37-35(42)43-36(6,7)8/h9-19,26,28-29,32H,20-21H2,1-8H3,(H,37,42)(H,38,40). The molecule has 43 heavy (non-hydrogen) atoms. The van der Waals surface area contributed by atoms with Crippen molar-refractivity contribution in [3.8, 4) is 0 Å². The maximum atomic E-state index is 14.8. The van der Waals surface area contributed by atoms with Crippen LogP contribution in [-0.4, -0.2) is 40.5 Å². The van der Waals surface area contributed by atoms with E-state index in [9.17, 15) is 14.4 Å². The van der Waals surface area contributed by atoms with Crippen LogP contribution in [0.3, 0.4) is 0 Å². The molecule has 1 aliphatic carbocycles. The number of nitrogens with zero attached hydrogens (tertiary/aromatic N) is 1. The van der Waals surface area contributed by atoms with Gasteiger partial charge in [0.1, 0.15) is 17.7 Å². The lowest BCUT2D eigenvalue weighted by atomic mass is 9.92. The van der Waals surface area contributed by atoms with Crippen LogP contribution in [0.4, 0.5) is 10.5 Å². The van der Waals surface area contributed by atoms with Crippen molar-refractivity contribution in [2.24, 2.45) is 5.92 Å². The quantitative estimate of drug-likeness (QED) is 0.285. The number of amides is 3. The van der Waals surface area contributed by atoms with Crippen molar-refractivity contribution in [2.45, 2.75) is 92.0 Å². The molecule has 228 valence electrons. The predicted molar refractivity (Wildman–Crippen MR) is 171 cm³/mol. The third-order valence-electron chi connectivity index (χ3n) is 8.02. The minimum atomic E-state index is -0.940. The molecular formula is C36H45N3O4. The molecule has 7 nitrogen and oxygen atoms in total. The van der Waals surface area contributed by atoms with Crippen molar-refractivity contribution < 1.29 is 19.1 Å². The third-order valence-corrected chi connectivity index (χ3v) is 8.02. The second kappa shape index (κ2) is 13.0. The Morgan fingerprint density at radius 1 is 0.860 bits per heavy atom. The Bertz CT molecular complexity index is 1440. The Morgan fingerprint density at radius 3 is 1.91 bits per heavy atom. The normalized spacial score (nSPS) is 17.4. The second-order valence-electron chi connectivity index (χ2n) is 12.9. The van der Waals surface area contributed by atoms with Gasteiger partial charge in [-0.15, -0.1) is 0 Å². The summed E-state index contributed by atoms with van der Waals surface area (Å²) in [6, 6.07) is 19.4. The lowest BCUT2D eigenvalue weighted by molar-refractivity contribution is -0.141. The van der Waals surface area contributed by atoms with Crippen LogP contribution in [0.15, 0.2) is 66.7 Å². The third kappa shape index (κ3) is 7.83. The highest BCUT2D eigenvalue weighted by Crippen LogP contribution is 2.42. The first-order chi connectivity index (χ1) is 20.3. The first kappa shape index (κ1) is 31.8. The van der Waals surface area contributed by atoms with Crippen LogP contribution in [0.5, 0.6) is 0 Å². The SMILES string of the molecule is Cc1cccc(C)c1NC(=O)C(c1c(C)cccc1C)N(C(=O)C(Cc1ccccc1)NC(=O)OC(C)(C)C)C1CC1C. The minimum Gasteiger partial charge on any atom is -0.444 e. The number of nitrogens with one attached hydrogen (secondary N) is 2. The zero-order valence-corrected chi connectivity index (χ0v) is 26.7. The lowest BCUT2D eigenvalue weighted by Crippen LogP contribution is -2.54. The number of alkyl carbamates (subject to hydrolysis) is 1. The largest absolute Gasteiger partial charge is 0.444 e. The van der Waals surface area contributed by atoms with Crippen molar-refractivity contribution in [3.05, 3.63) is 100 Å². The van der Waals surface area contributed by atoms with E-state index in [1.165, 1.54) is 0 Å². The topological polar surface area (TPSA) is 87.7 Å². The number of anilines is 1. The van der Waals surface area contributed by atoms with Gasteiger partial charge in [0.15, 0.2) is 0 Å². The molecule has 7 heteroatoms. The van der Waals surface area contributed by atoms with E-state index >= 15 is 0 Å². The van der Waals surface area contributed by atoms with Gasteiger partial charge in [0, 0.05) is 18.2 Å². The smallest absolute Gasteiger partial charge is 0.408 e. The van der Waals surface area contributed by atoms with Gasteiger partial charge in [0.25, 0.3) is 5.91 Å². The summed E-state index contributed by atoms with van der Waals surface area (Å²) >= 11 is 0. The van der Waals surface area contributed by atoms with Crippen LogP contribution in [0.25, 0.3) is 0 Å². The van der Waals surface area contributed by atoms with Gasteiger partial charge in [-0.2, -0.15) is 0 Å². The number of carbonyl (C=O) groups excluding carboxylic acids is 3. The number of ether oxygens (including phenoxy) is 1. The summed E-state index contributed by atoms with van der Waals surface area (Å²) in [5, 5.41) is 6.04. The van der Waals surface area contributed by atoms with Crippen molar-refractivity contribution >= 4 is 23.6 Å². The van der Waals surface area contributed by atoms with E-state index < -0.39 is 23.8 Å². The highest BCUT2D eigenvalue weighted by molar-refractivity contribution is 6.00. The van der Waals surface area contributed by atoms with Crippen LogP contribution >= 0.6 is 0 Å². The van der Waals surface area contributed by atoms with Gasteiger partial charge in [-0.25, -0.2) is 4.79 Å². The monoisotopic (exact) mass is 583 g/mol. The fraction of sp³-hybridized carbons (Fsp3) is 0.417. The van der Waals surface area contributed by atoms with E-state index in [1.54, 1.807) is 25.7 Å². The van der Waals surface area contributed by atoms with Crippen LogP contribution in [-0.2, 0) is 20.7 Å². The maximum Gasteiger partial charge on any atom is 0.408 e. The number of hydrogen-bond donors (Lipinski definition) is 2. The Hall–Kier alpha value is -4.13. The van der Waals surface area contributed by atoms with Gasteiger partial charge in [0.05, 0.1) is 0 Å². The molecule has 2 N–H and O–H groups in total. The van der Waals surface area contributed by atoms with E-state index in [2.05, 4.69) is 17.6 Å². The molecule has 4 unspecified atom stereocenters. The van der Waals surface area contributed by atoms with Gasteiger partial charge in [-0.1, -0.05) is 73.7 Å². The average molecular weight is 584 g/mol. The Kier molecular flexibility index (Phi) is 9.63. The molecule has 1 fully saturated rings. The van der Waals surface area contributed by atoms with Gasteiger partial charge in [-0.3, -0.25) is 9.59 Å². The predicted octanol–water partition coefficient (Wildman–Crippen LogP) is 6.97. The molecular weight excluding hydrogens is 538 g/mol. The number of aryl methyl sites for hydroxylation is 4. The van der Waals surface area contributed by atoms with Crippen molar-refractivity contribution in [1.82, 2.24) is 10.2 Å². The summed E-state index contributed by atoms with van der Waals surface area (Å²) in [5.74, 6) is -0.381. The summed E-state index contributed by atoms with van der Waals surface area (Å²) in [5.41, 5.74) is 5.44. The van der Waals surface area contributed by atoms with Crippen LogP contribution in [0.2, 0.25) is 0 Å². The van der Waals surface area contributed by atoms with Crippen molar-refractivity contribution in [3.63, 3.8) is 0 Å². The Morgan fingerprint density at radius 2 is 1.40 bits per heavy atom. The van der Waals surface area contributed by atoms with E-state index in [-0.39, 0.29) is 30.2 Å². The molecule has 0 aliphatic heterocycles. The van der Waals surface area contributed by atoms with Crippen LogP contribution < -0.4 is 10.6 Å². The van der Waals surface area contributed by atoms with Gasteiger partial charge >= 0.3 is 6.09 Å². The molecule has 3 aromatic carbocycles. The van der Waals surface area contributed by atoms with Crippen LogP contribution in [0, 0.1) is 33.6 Å². The molecule has 0 heterocycles. The molecule has 0 bridgehead atoms. The average Bonchev–Trinajstić information content (AvgIpc) is 3.64. The van der Waals surface area contributed by atoms with Gasteiger partial charge < -0.3 is 20.3 Å². The number of para-hydroxylation sites is 1. The Balaban J connectivity index is 1.81. The highest BCUT2D eigenvalue weighted by Gasteiger charge is 2.49. The second-order valence-corrected chi connectivity index (χ2v) is 12.9. The molecule has 1 saturated carbocycles. The van der Waals surface area contributed by atoms with Crippen molar-refractivity contribution in [1.29, 1.82) is 0 Å². The van der Waals surface area contributed by atoms with E-state index in [0.29, 0.717) is 0 Å². The summed E-state index contributed by atoms with van der Waals surface area (Å²) in [6.07, 6.45) is 0.359. The minimum absolute atomic E-state index is 0.154. The number of hydrogen-bond acceptors (Lipinski definition) is 4. The summed E-state index contributed by atoms with van der Waals surface area (Å²) in [7, 11) is 0. The molecule has 3 amide bonds. The first-order valence-corrected chi connectivity index (χ1v) is 15.1.